The van der Waals surface area contributed by atoms with Gasteiger partial charge in [-0.2, -0.15) is 0 Å². The highest BCUT2D eigenvalue weighted by Crippen LogP contribution is 2.33. The first-order chi connectivity index (χ1) is 6.84. The van der Waals surface area contributed by atoms with Crippen LogP contribution in [0.5, 0.6) is 0 Å². The summed E-state index contributed by atoms with van der Waals surface area (Å²) < 4.78 is 0. The molecule has 2 rings (SSSR count). The van der Waals surface area contributed by atoms with Gasteiger partial charge in [0, 0.05) is 6.04 Å². The molecule has 0 radical (unpaired) electrons. The third kappa shape index (κ3) is 2.98. The number of nitrogens with two attached hydrogens (primary N) is 1. The van der Waals surface area contributed by atoms with Gasteiger partial charge in [-0.05, 0) is 37.5 Å². The fourth-order valence-corrected chi connectivity index (χ4v) is 3.25. The van der Waals surface area contributed by atoms with Gasteiger partial charge in [0.15, 0.2) is 0 Å². The summed E-state index contributed by atoms with van der Waals surface area (Å²) in [7, 11) is 0. The van der Waals surface area contributed by atoms with Crippen LogP contribution in [0.4, 0.5) is 0 Å². The van der Waals surface area contributed by atoms with E-state index in [9.17, 15) is 0 Å². The van der Waals surface area contributed by atoms with Gasteiger partial charge < -0.3 is 5.73 Å². The zero-order valence-electron chi connectivity index (χ0n) is 9.38. The van der Waals surface area contributed by atoms with Gasteiger partial charge >= 0.3 is 0 Å². The maximum Gasteiger partial charge on any atom is 0.00390 e. The number of hydrogen-bond donors (Lipinski definition) is 1. The lowest BCUT2D eigenvalue weighted by atomic mass is 9.83. The first-order valence-electron chi connectivity index (χ1n) is 6.60. The fraction of sp³-hybridized carbons (Fsp3) is 1.00. The maximum absolute atomic E-state index is 6.13. The second-order valence-corrected chi connectivity index (χ2v) is 5.51. The standard InChI is InChI=1S/C13H25N/c14-13-9-7-11-3-1-2-4-12(6-5-11)8-10-13/h11-13H,1-10,14H2. The van der Waals surface area contributed by atoms with E-state index in [1.807, 2.05) is 0 Å². The molecule has 14 heavy (non-hydrogen) atoms. The summed E-state index contributed by atoms with van der Waals surface area (Å²) >= 11 is 0. The normalized spacial score (nSPS) is 40.5. The molecule has 82 valence electrons. The van der Waals surface area contributed by atoms with E-state index < -0.39 is 0 Å². The summed E-state index contributed by atoms with van der Waals surface area (Å²) in [5.41, 5.74) is 6.13. The molecule has 0 aliphatic heterocycles. The van der Waals surface area contributed by atoms with Gasteiger partial charge in [0.1, 0.15) is 0 Å². The molecule has 2 atom stereocenters. The van der Waals surface area contributed by atoms with Crippen LogP contribution in [0.1, 0.15) is 64.2 Å². The van der Waals surface area contributed by atoms with Crippen molar-refractivity contribution >= 4 is 0 Å². The monoisotopic (exact) mass is 195 g/mol. The number of rotatable bonds is 0. The molecule has 0 saturated heterocycles. The van der Waals surface area contributed by atoms with Gasteiger partial charge in [0.2, 0.25) is 0 Å². The Kier molecular flexibility index (Phi) is 3.86. The van der Waals surface area contributed by atoms with E-state index in [2.05, 4.69) is 0 Å². The fourth-order valence-electron chi connectivity index (χ4n) is 3.25. The van der Waals surface area contributed by atoms with E-state index in [1.165, 1.54) is 64.2 Å². The highest BCUT2D eigenvalue weighted by Gasteiger charge is 2.20. The number of fused-ring (bicyclic) bond motifs is 3. The van der Waals surface area contributed by atoms with Crippen molar-refractivity contribution < 1.29 is 0 Å². The minimum absolute atomic E-state index is 0.510. The van der Waals surface area contributed by atoms with Gasteiger partial charge in [0.25, 0.3) is 0 Å². The summed E-state index contributed by atoms with van der Waals surface area (Å²) in [5, 5.41) is 0. The van der Waals surface area contributed by atoms with E-state index in [1.54, 1.807) is 0 Å². The molecular weight excluding hydrogens is 170 g/mol. The Morgan fingerprint density at radius 3 is 1.50 bits per heavy atom. The largest absolute Gasteiger partial charge is 0.328 e. The molecule has 1 heteroatoms. The SMILES string of the molecule is NC1CCC2CCCCC(CC1)CC2. The summed E-state index contributed by atoms with van der Waals surface area (Å²) in [6.45, 7) is 0. The van der Waals surface area contributed by atoms with Crippen molar-refractivity contribution in [1.82, 2.24) is 0 Å². The van der Waals surface area contributed by atoms with Crippen LogP contribution in [0.2, 0.25) is 0 Å². The Labute approximate surface area is 88.4 Å². The van der Waals surface area contributed by atoms with Crippen LogP contribution in [0.25, 0.3) is 0 Å². The van der Waals surface area contributed by atoms with Crippen molar-refractivity contribution in [2.75, 3.05) is 0 Å². The van der Waals surface area contributed by atoms with Crippen LogP contribution < -0.4 is 5.73 Å². The second kappa shape index (κ2) is 5.16. The van der Waals surface area contributed by atoms with Gasteiger partial charge in [-0.1, -0.05) is 38.5 Å². The van der Waals surface area contributed by atoms with Crippen LogP contribution in [-0.2, 0) is 0 Å². The smallest absolute Gasteiger partial charge is 0.00390 e. The predicted octanol–water partition coefficient (Wildman–Crippen LogP) is 3.47. The Bertz CT molecular complexity index is 145. The predicted molar refractivity (Wildman–Crippen MR) is 61.1 cm³/mol. The molecule has 2 bridgehead atoms. The van der Waals surface area contributed by atoms with E-state index in [0.717, 1.165) is 11.8 Å². The van der Waals surface area contributed by atoms with Crippen molar-refractivity contribution in [1.29, 1.82) is 0 Å². The van der Waals surface area contributed by atoms with Crippen molar-refractivity contribution in [2.45, 2.75) is 70.3 Å². The molecule has 0 aromatic heterocycles. The minimum Gasteiger partial charge on any atom is -0.328 e. The van der Waals surface area contributed by atoms with Gasteiger partial charge in [-0.25, -0.2) is 0 Å². The minimum atomic E-state index is 0.510. The average molecular weight is 195 g/mol. The van der Waals surface area contributed by atoms with Crippen LogP contribution >= 0.6 is 0 Å². The zero-order valence-corrected chi connectivity index (χ0v) is 9.38. The molecule has 0 spiro atoms. The highest BCUT2D eigenvalue weighted by atomic mass is 14.6. The van der Waals surface area contributed by atoms with Gasteiger partial charge in [-0.3, -0.25) is 0 Å². The lowest BCUT2D eigenvalue weighted by Crippen LogP contribution is -2.20. The van der Waals surface area contributed by atoms with E-state index in [0.29, 0.717) is 6.04 Å². The Morgan fingerprint density at radius 1 is 0.571 bits per heavy atom. The van der Waals surface area contributed by atoms with Crippen molar-refractivity contribution in [2.24, 2.45) is 17.6 Å². The Hall–Kier alpha value is -0.0400. The summed E-state index contributed by atoms with van der Waals surface area (Å²) in [6.07, 6.45) is 14.3. The molecule has 2 N–H and O–H groups in total. The van der Waals surface area contributed by atoms with Gasteiger partial charge in [0.05, 0.1) is 0 Å². The van der Waals surface area contributed by atoms with Crippen LogP contribution in [0.15, 0.2) is 0 Å². The lowest BCUT2D eigenvalue weighted by Gasteiger charge is -2.23. The highest BCUT2D eigenvalue weighted by molar-refractivity contribution is 4.75. The zero-order chi connectivity index (χ0) is 9.80. The van der Waals surface area contributed by atoms with Crippen molar-refractivity contribution in [3.8, 4) is 0 Å². The molecule has 0 aromatic carbocycles. The molecular formula is C13H25N. The molecule has 2 aliphatic carbocycles. The third-order valence-electron chi connectivity index (χ3n) is 4.35. The quantitative estimate of drug-likeness (QED) is 0.629. The number of hydrogen-bond acceptors (Lipinski definition) is 1. The first kappa shape index (κ1) is 10.5. The van der Waals surface area contributed by atoms with Gasteiger partial charge in [-0.15, -0.1) is 0 Å². The third-order valence-corrected chi connectivity index (χ3v) is 4.35. The summed E-state index contributed by atoms with van der Waals surface area (Å²) in [6, 6.07) is 0.510. The molecule has 0 heterocycles. The Morgan fingerprint density at radius 2 is 1.00 bits per heavy atom. The lowest BCUT2D eigenvalue weighted by molar-refractivity contribution is 0.302. The molecule has 0 amide bonds. The van der Waals surface area contributed by atoms with Crippen LogP contribution in [0.3, 0.4) is 0 Å². The van der Waals surface area contributed by atoms with Crippen molar-refractivity contribution in [3.05, 3.63) is 0 Å². The topological polar surface area (TPSA) is 26.0 Å². The van der Waals surface area contributed by atoms with E-state index in [4.69, 9.17) is 5.73 Å². The average Bonchev–Trinajstić information content (AvgIpc) is 2.19. The maximum atomic E-state index is 6.13. The first-order valence-corrected chi connectivity index (χ1v) is 6.60. The second-order valence-electron chi connectivity index (χ2n) is 5.51. The Balaban J connectivity index is 1.96. The van der Waals surface area contributed by atoms with Crippen LogP contribution in [0, 0.1) is 11.8 Å². The van der Waals surface area contributed by atoms with E-state index >= 15 is 0 Å². The summed E-state index contributed by atoms with van der Waals surface area (Å²) in [5.74, 6) is 2.03. The molecule has 2 fully saturated rings. The summed E-state index contributed by atoms with van der Waals surface area (Å²) in [4.78, 5) is 0. The molecule has 2 saturated carbocycles. The molecule has 2 aliphatic rings. The van der Waals surface area contributed by atoms with E-state index in [-0.39, 0.29) is 0 Å². The van der Waals surface area contributed by atoms with Crippen LogP contribution in [-0.4, -0.2) is 6.04 Å². The molecule has 2 unspecified atom stereocenters. The van der Waals surface area contributed by atoms with Crippen molar-refractivity contribution in [3.63, 3.8) is 0 Å². The molecule has 0 aromatic rings. The molecule has 1 nitrogen and oxygen atoms in total.